The monoisotopic (exact) mass is 352 g/mol. The minimum Gasteiger partial charge on any atom is -0.362 e. The molecule has 1 aliphatic heterocycles. The molecule has 132 valence electrons. The van der Waals surface area contributed by atoms with E-state index in [2.05, 4.69) is 72.4 Å². The smallest absolute Gasteiger partial charge is 0.0412 e. The van der Waals surface area contributed by atoms with E-state index in [4.69, 9.17) is 0 Å². The summed E-state index contributed by atoms with van der Waals surface area (Å²) in [6.45, 7) is 5.05. The van der Waals surface area contributed by atoms with Crippen LogP contribution in [-0.2, 0) is 12.8 Å². The molecule has 0 amide bonds. The third kappa shape index (κ3) is 5.13. The van der Waals surface area contributed by atoms with E-state index in [0.29, 0.717) is 6.04 Å². The van der Waals surface area contributed by atoms with Crippen molar-refractivity contribution in [1.29, 1.82) is 0 Å². The lowest BCUT2D eigenvalue weighted by atomic mass is 9.99. The molecule has 1 N–H and O–H groups in total. The third-order valence-corrected chi connectivity index (χ3v) is 5.97. The van der Waals surface area contributed by atoms with Crippen molar-refractivity contribution < 1.29 is 0 Å². The molecule has 1 fully saturated rings. The molecule has 0 aliphatic carbocycles. The Morgan fingerprint density at radius 2 is 2.08 bits per heavy atom. The number of likely N-dealkylation sites (tertiary alicyclic amines) is 1. The second-order valence-corrected chi connectivity index (χ2v) is 7.90. The molecule has 0 spiro atoms. The predicted octanol–water partition coefficient (Wildman–Crippen LogP) is 5.21. The number of likely N-dealkylation sites (N-methyl/N-ethyl adjacent to an activating group) is 1. The van der Waals surface area contributed by atoms with Crippen LogP contribution in [0.1, 0.15) is 24.0 Å². The number of aryl methyl sites for hydroxylation is 1. The molecule has 1 aliphatic rings. The summed E-state index contributed by atoms with van der Waals surface area (Å²) in [5, 5.41) is 3.31. The zero-order valence-electron chi connectivity index (χ0n) is 15.1. The Labute approximate surface area is 156 Å². The molecule has 25 heavy (non-hydrogen) atoms. The minimum absolute atomic E-state index is 0.666. The Hall–Kier alpha value is -1.71. The van der Waals surface area contributed by atoms with E-state index < -0.39 is 0 Å². The van der Waals surface area contributed by atoms with Crippen molar-refractivity contribution in [2.24, 2.45) is 0 Å². The molecular formula is C22H28N2S. The van der Waals surface area contributed by atoms with Crippen LogP contribution < -0.4 is 5.32 Å². The molecule has 0 aromatic heterocycles. The lowest BCUT2D eigenvalue weighted by Crippen LogP contribution is -2.27. The van der Waals surface area contributed by atoms with Crippen LogP contribution in [0.4, 0.5) is 5.69 Å². The summed E-state index contributed by atoms with van der Waals surface area (Å²) >= 11 is 1.93. The molecule has 3 heteroatoms. The largest absolute Gasteiger partial charge is 0.362 e. The van der Waals surface area contributed by atoms with Gasteiger partial charge < -0.3 is 10.2 Å². The van der Waals surface area contributed by atoms with Crippen LogP contribution >= 0.6 is 11.8 Å². The van der Waals surface area contributed by atoms with E-state index in [9.17, 15) is 0 Å². The van der Waals surface area contributed by atoms with Crippen molar-refractivity contribution in [3.8, 4) is 0 Å². The summed E-state index contributed by atoms with van der Waals surface area (Å²) in [6, 6.07) is 18.2. The topological polar surface area (TPSA) is 15.3 Å². The number of hydrogen-bond acceptors (Lipinski definition) is 3. The van der Waals surface area contributed by atoms with E-state index in [0.717, 1.165) is 18.6 Å². The molecular weight excluding hydrogens is 324 g/mol. The van der Waals surface area contributed by atoms with Gasteiger partial charge >= 0.3 is 0 Å². The number of anilines is 1. The SMILES string of the molecule is C=CNc1ccc(CCSc2ccccc2)cc1CC1CCCN1C. The van der Waals surface area contributed by atoms with Gasteiger partial charge in [-0.2, -0.15) is 0 Å². The van der Waals surface area contributed by atoms with Crippen LogP contribution in [0, 0.1) is 0 Å². The van der Waals surface area contributed by atoms with E-state index in [-0.39, 0.29) is 0 Å². The molecule has 2 aromatic carbocycles. The number of rotatable bonds is 8. The number of benzene rings is 2. The molecule has 1 heterocycles. The quantitative estimate of drug-likeness (QED) is 0.656. The average Bonchev–Trinajstić information content (AvgIpc) is 3.03. The Morgan fingerprint density at radius 3 is 2.80 bits per heavy atom. The summed E-state index contributed by atoms with van der Waals surface area (Å²) < 4.78 is 0. The Kier molecular flexibility index (Phi) is 6.60. The van der Waals surface area contributed by atoms with E-state index in [1.165, 1.54) is 41.1 Å². The summed E-state index contributed by atoms with van der Waals surface area (Å²) in [7, 11) is 2.25. The molecule has 1 saturated heterocycles. The Balaban J connectivity index is 1.65. The van der Waals surface area contributed by atoms with Crippen molar-refractivity contribution in [2.45, 2.75) is 36.6 Å². The highest BCUT2D eigenvalue weighted by Crippen LogP contribution is 2.26. The zero-order valence-corrected chi connectivity index (χ0v) is 15.9. The third-order valence-electron chi connectivity index (χ3n) is 4.96. The maximum atomic E-state index is 3.82. The predicted molar refractivity (Wildman–Crippen MR) is 110 cm³/mol. The van der Waals surface area contributed by atoms with Crippen molar-refractivity contribution in [1.82, 2.24) is 4.90 Å². The standard InChI is InChI=1S/C22H28N2S/c1-3-23-22-12-11-18(13-15-25-21-9-5-4-6-10-21)16-19(22)17-20-8-7-14-24(20)2/h3-6,9-12,16,20,23H,1,7-8,13-15,17H2,2H3. The molecule has 1 unspecified atom stereocenters. The second kappa shape index (κ2) is 9.12. The molecule has 1 atom stereocenters. The fraction of sp³-hybridized carbons (Fsp3) is 0.364. The normalized spacial score (nSPS) is 17.6. The number of thioether (sulfide) groups is 1. The van der Waals surface area contributed by atoms with Gasteiger partial charge in [-0.05, 0) is 74.8 Å². The first kappa shape index (κ1) is 18.1. The van der Waals surface area contributed by atoms with Crippen LogP contribution in [0.25, 0.3) is 0 Å². The van der Waals surface area contributed by atoms with Crippen molar-refractivity contribution >= 4 is 17.4 Å². The molecule has 0 radical (unpaired) electrons. The summed E-state index contributed by atoms with van der Waals surface area (Å²) in [6.07, 6.45) is 6.62. The zero-order chi connectivity index (χ0) is 17.5. The average molecular weight is 353 g/mol. The van der Waals surface area contributed by atoms with Crippen LogP contribution in [-0.4, -0.2) is 30.3 Å². The van der Waals surface area contributed by atoms with E-state index in [1.807, 2.05) is 11.8 Å². The molecule has 2 nitrogen and oxygen atoms in total. The van der Waals surface area contributed by atoms with Gasteiger partial charge in [-0.1, -0.05) is 36.9 Å². The van der Waals surface area contributed by atoms with Crippen molar-refractivity contribution in [3.05, 3.63) is 72.4 Å². The van der Waals surface area contributed by atoms with Gasteiger partial charge in [-0.25, -0.2) is 0 Å². The molecule has 2 aromatic rings. The number of nitrogens with zero attached hydrogens (tertiary/aromatic N) is 1. The lowest BCUT2D eigenvalue weighted by molar-refractivity contribution is 0.309. The van der Waals surface area contributed by atoms with Gasteiger partial charge in [0.15, 0.2) is 0 Å². The first-order valence-corrected chi connectivity index (χ1v) is 10.1. The van der Waals surface area contributed by atoms with Crippen molar-refractivity contribution in [2.75, 3.05) is 24.7 Å². The number of hydrogen-bond donors (Lipinski definition) is 1. The summed E-state index contributed by atoms with van der Waals surface area (Å²) in [4.78, 5) is 3.84. The molecule has 3 rings (SSSR count). The highest BCUT2D eigenvalue weighted by Gasteiger charge is 2.22. The van der Waals surface area contributed by atoms with Crippen LogP contribution in [0.15, 0.2) is 66.2 Å². The maximum absolute atomic E-state index is 3.82. The molecule has 0 bridgehead atoms. The number of nitrogens with one attached hydrogen (secondary N) is 1. The highest BCUT2D eigenvalue weighted by atomic mass is 32.2. The van der Waals surface area contributed by atoms with Gasteiger partial charge in [-0.3, -0.25) is 0 Å². The van der Waals surface area contributed by atoms with Crippen LogP contribution in [0.2, 0.25) is 0 Å². The van der Waals surface area contributed by atoms with Gasteiger partial charge in [0.25, 0.3) is 0 Å². The van der Waals surface area contributed by atoms with E-state index in [1.54, 1.807) is 6.20 Å². The van der Waals surface area contributed by atoms with Gasteiger partial charge in [-0.15, -0.1) is 11.8 Å². The first-order valence-electron chi connectivity index (χ1n) is 9.13. The maximum Gasteiger partial charge on any atom is 0.0412 e. The summed E-state index contributed by atoms with van der Waals surface area (Å²) in [5.74, 6) is 1.11. The second-order valence-electron chi connectivity index (χ2n) is 6.73. The summed E-state index contributed by atoms with van der Waals surface area (Å²) in [5.41, 5.74) is 4.05. The van der Waals surface area contributed by atoms with Crippen LogP contribution in [0.5, 0.6) is 0 Å². The van der Waals surface area contributed by atoms with Gasteiger partial charge in [0.2, 0.25) is 0 Å². The highest BCUT2D eigenvalue weighted by molar-refractivity contribution is 7.99. The van der Waals surface area contributed by atoms with Gasteiger partial charge in [0.05, 0.1) is 0 Å². The molecule has 0 saturated carbocycles. The Bertz CT molecular complexity index is 684. The minimum atomic E-state index is 0.666. The fourth-order valence-electron chi connectivity index (χ4n) is 3.52. The fourth-order valence-corrected chi connectivity index (χ4v) is 4.44. The van der Waals surface area contributed by atoms with Crippen molar-refractivity contribution in [3.63, 3.8) is 0 Å². The lowest BCUT2D eigenvalue weighted by Gasteiger charge is -2.21. The Morgan fingerprint density at radius 1 is 1.24 bits per heavy atom. The van der Waals surface area contributed by atoms with Gasteiger partial charge in [0.1, 0.15) is 0 Å². The van der Waals surface area contributed by atoms with E-state index >= 15 is 0 Å². The van der Waals surface area contributed by atoms with Crippen LogP contribution in [0.3, 0.4) is 0 Å². The first-order chi connectivity index (χ1) is 12.3. The van der Waals surface area contributed by atoms with Gasteiger partial charge in [0, 0.05) is 22.4 Å².